The smallest absolute Gasteiger partial charge is 0.264 e. The van der Waals surface area contributed by atoms with Crippen molar-refractivity contribution in [3.05, 3.63) is 29.3 Å². The van der Waals surface area contributed by atoms with Crippen molar-refractivity contribution in [2.45, 2.75) is 24.8 Å². The van der Waals surface area contributed by atoms with Gasteiger partial charge in [0.05, 0.1) is 11.0 Å². The van der Waals surface area contributed by atoms with Gasteiger partial charge in [-0.2, -0.15) is 8.42 Å². The average molecular weight is 235 g/mol. The quantitative estimate of drug-likeness (QED) is 0.755. The van der Waals surface area contributed by atoms with E-state index in [9.17, 15) is 8.42 Å². The highest BCUT2D eigenvalue weighted by Gasteiger charge is 2.16. The van der Waals surface area contributed by atoms with Crippen LogP contribution in [0.2, 0.25) is 5.02 Å². The molecule has 0 fully saturated rings. The van der Waals surface area contributed by atoms with Gasteiger partial charge in [0.1, 0.15) is 0 Å². The van der Waals surface area contributed by atoms with Gasteiger partial charge < -0.3 is 0 Å². The zero-order valence-corrected chi connectivity index (χ0v) is 9.47. The van der Waals surface area contributed by atoms with Crippen LogP contribution in [0.15, 0.2) is 29.2 Å². The van der Waals surface area contributed by atoms with Gasteiger partial charge in [-0.15, -0.1) is 0 Å². The van der Waals surface area contributed by atoms with Gasteiger partial charge >= 0.3 is 0 Å². The van der Waals surface area contributed by atoms with E-state index in [1.54, 1.807) is 13.8 Å². The van der Waals surface area contributed by atoms with Crippen molar-refractivity contribution in [3.8, 4) is 0 Å². The molecule has 5 heteroatoms. The van der Waals surface area contributed by atoms with Crippen LogP contribution in [-0.4, -0.2) is 14.5 Å². The minimum absolute atomic E-state index is 0.121. The lowest BCUT2D eigenvalue weighted by atomic mass is 10.4. The van der Waals surface area contributed by atoms with Crippen molar-refractivity contribution < 1.29 is 12.6 Å². The highest BCUT2D eigenvalue weighted by Crippen LogP contribution is 2.17. The van der Waals surface area contributed by atoms with Crippen molar-refractivity contribution in [3.63, 3.8) is 0 Å². The van der Waals surface area contributed by atoms with E-state index in [4.69, 9.17) is 15.8 Å². The Morgan fingerprint density at radius 3 is 2.14 bits per heavy atom. The lowest BCUT2D eigenvalue weighted by molar-refractivity contribution is 0.249. The van der Waals surface area contributed by atoms with E-state index in [2.05, 4.69) is 0 Å². The molecule has 1 aromatic carbocycles. The topological polar surface area (TPSA) is 43.4 Å². The maximum atomic E-state index is 11.5. The molecule has 0 atom stereocenters. The third kappa shape index (κ3) is 2.97. The van der Waals surface area contributed by atoms with E-state index >= 15 is 0 Å². The minimum atomic E-state index is -3.63. The van der Waals surface area contributed by atoms with Gasteiger partial charge in [-0.25, -0.2) is 0 Å². The molecule has 1 aromatic rings. The predicted octanol–water partition coefficient (Wildman–Crippen LogP) is 2.45. The Hall–Kier alpha value is -0.580. The highest BCUT2D eigenvalue weighted by atomic mass is 35.5. The largest absolute Gasteiger partial charge is 0.297 e. The number of rotatable bonds is 3. The van der Waals surface area contributed by atoms with E-state index in [1.807, 2.05) is 0 Å². The van der Waals surface area contributed by atoms with E-state index < -0.39 is 10.1 Å². The summed E-state index contributed by atoms with van der Waals surface area (Å²) in [4.78, 5) is 0.121. The zero-order valence-electron chi connectivity index (χ0n) is 7.90. The molecular weight excluding hydrogens is 224 g/mol. The third-order valence-electron chi connectivity index (χ3n) is 1.42. The van der Waals surface area contributed by atoms with Gasteiger partial charge in [-0.1, -0.05) is 11.6 Å². The summed E-state index contributed by atoms with van der Waals surface area (Å²) in [5, 5.41) is 0.494. The second kappa shape index (κ2) is 4.29. The maximum absolute atomic E-state index is 11.5. The number of hydrogen-bond donors (Lipinski definition) is 0. The van der Waals surface area contributed by atoms with Crippen LogP contribution in [0.3, 0.4) is 0 Å². The van der Waals surface area contributed by atoms with Gasteiger partial charge in [-0.3, -0.25) is 4.18 Å². The van der Waals surface area contributed by atoms with Gasteiger partial charge in [0, 0.05) is 5.02 Å². The second-order valence-corrected chi connectivity index (χ2v) is 5.06. The lowest BCUT2D eigenvalue weighted by Crippen LogP contribution is -2.12. The Bertz CT molecular complexity index is 395. The van der Waals surface area contributed by atoms with Crippen LogP contribution < -0.4 is 0 Å². The van der Waals surface area contributed by atoms with E-state index in [1.165, 1.54) is 24.3 Å². The van der Waals surface area contributed by atoms with E-state index in [-0.39, 0.29) is 11.0 Å². The normalized spacial score (nSPS) is 12.0. The van der Waals surface area contributed by atoms with Crippen molar-refractivity contribution >= 4 is 21.7 Å². The molecule has 0 aliphatic heterocycles. The first kappa shape index (κ1) is 11.5. The SMILES string of the molecule is CC(C)OS(=O)(=O)c1ccc(Cl)cc1. The second-order valence-electron chi connectivity index (χ2n) is 3.05. The molecule has 0 heterocycles. The molecule has 0 aliphatic rings. The first-order valence-electron chi connectivity index (χ1n) is 4.10. The van der Waals surface area contributed by atoms with Crippen LogP contribution in [0.1, 0.15) is 13.8 Å². The summed E-state index contributed by atoms with van der Waals surface area (Å²) in [7, 11) is -3.63. The molecule has 1 rings (SSSR count). The molecule has 14 heavy (non-hydrogen) atoms. The van der Waals surface area contributed by atoms with E-state index in [0.717, 1.165) is 0 Å². The summed E-state index contributed by atoms with van der Waals surface area (Å²) in [5.74, 6) is 0. The molecule has 0 N–H and O–H groups in total. The van der Waals surface area contributed by atoms with Crippen LogP contribution in [-0.2, 0) is 14.3 Å². The lowest BCUT2D eigenvalue weighted by Gasteiger charge is -2.07. The number of benzene rings is 1. The standard InChI is InChI=1S/C9H11ClO3S/c1-7(2)13-14(11,12)9-5-3-8(10)4-6-9/h3-7H,1-2H3. The van der Waals surface area contributed by atoms with Crippen molar-refractivity contribution in [1.29, 1.82) is 0 Å². The third-order valence-corrected chi connectivity index (χ3v) is 3.16. The Kier molecular flexibility index (Phi) is 3.53. The van der Waals surface area contributed by atoms with Crippen LogP contribution in [0, 0.1) is 0 Å². The molecule has 0 aliphatic carbocycles. The first-order valence-corrected chi connectivity index (χ1v) is 5.89. The molecule has 0 bridgehead atoms. The Labute approximate surface area is 88.8 Å². The molecule has 78 valence electrons. The van der Waals surface area contributed by atoms with Gasteiger partial charge in [0.2, 0.25) is 0 Å². The van der Waals surface area contributed by atoms with E-state index in [0.29, 0.717) is 5.02 Å². The number of hydrogen-bond acceptors (Lipinski definition) is 3. The fraction of sp³-hybridized carbons (Fsp3) is 0.333. The zero-order chi connectivity index (χ0) is 10.8. The first-order chi connectivity index (χ1) is 6.42. The van der Waals surface area contributed by atoms with Gasteiger partial charge in [0.15, 0.2) is 0 Å². The summed E-state index contributed by atoms with van der Waals surface area (Å²) in [5.41, 5.74) is 0. The van der Waals surface area contributed by atoms with Crippen molar-refractivity contribution in [2.75, 3.05) is 0 Å². The van der Waals surface area contributed by atoms with Crippen LogP contribution in [0.25, 0.3) is 0 Å². The highest BCUT2D eigenvalue weighted by molar-refractivity contribution is 7.86. The Balaban J connectivity index is 2.99. The average Bonchev–Trinajstić information content (AvgIpc) is 2.02. The summed E-state index contributed by atoms with van der Waals surface area (Å²) < 4.78 is 27.8. The molecule has 3 nitrogen and oxygen atoms in total. The number of halogens is 1. The van der Waals surface area contributed by atoms with Crippen molar-refractivity contribution in [1.82, 2.24) is 0 Å². The molecule has 0 spiro atoms. The Morgan fingerprint density at radius 2 is 1.71 bits per heavy atom. The summed E-state index contributed by atoms with van der Waals surface area (Å²) in [6, 6.07) is 5.86. The molecule has 0 aromatic heterocycles. The van der Waals surface area contributed by atoms with Crippen LogP contribution in [0.4, 0.5) is 0 Å². The Morgan fingerprint density at radius 1 is 1.21 bits per heavy atom. The molecule has 0 radical (unpaired) electrons. The van der Waals surface area contributed by atoms with Crippen LogP contribution in [0.5, 0.6) is 0 Å². The maximum Gasteiger partial charge on any atom is 0.297 e. The molecule has 0 amide bonds. The summed E-state index contributed by atoms with van der Waals surface area (Å²) in [6.45, 7) is 3.32. The van der Waals surface area contributed by atoms with Crippen LogP contribution >= 0.6 is 11.6 Å². The fourth-order valence-corrected chi connectivity index (χ4v) is 2.12. The fourth-order valence-electron chi connectivity index (χ4n) is 0.910. The van der Waals surface area contributed by atoms with Gasteiger partial charge in [0.25, 0.3) is 10.1 Å². The molecule has 0 saturated heterocycles. The minimum Gasteiger partial charge on any atom is -0.264 e. The van der Waals surface area contributed by atoms with Crippen molar-refractivity contribution in [2.24, 2.45) is 0 Å². The monoisotopic (exact) mass is 234 g/mol. The summed E-state index contributed by atoms with van der Waals surface area (Å²) in [6.07, 6.45) is -0.365. The molecular formula is C9H11ClO3S. The summed E-state index contributed by atoms with van der Waals surface area (Å²) >= 11 is 5.63. The predicted molar refractivity (Wildman–Crippen MR) is 54.9 cm³/mol. The van der Waals surface area contributed by atoms with Gasteiger partial charge in [-0.05, 0) is 38.1 Å². The molecule has 0 unspecified atom stereocenters. The molecule has 0 saturated carbocycles.